The maximum atomic E-state index is 12.0. The number of ether oxygens (including phenoxy) is 2. The summed E-state index contributed by atoms with van der Waals surface area (Å²) in [6.07, 6.45) is 0. The van der Waals surface area contributed by atoms with Crippen molar-refractivity contribution in [3.63, 3.8) is 0 Å². The molecule has 0 aliphatic carbocycles. The fourth-order valence-electron chi connectivity index (χ4n) is 1.14. The molecule has 1 aromatic rings. The number of hydrogen-bond donors (Lipinski definition) is 0. The van der Waals surface area contributed by atoms with Gasteiger partial charge >= 0.3 is 12.0 Å². The van der Waals surface area contributed by atoms with Crippen molar-refractivity contribution in [2.75, 3.05) is 25.9 Å². The summed E-state index contributed by atoms with van der Waals surface area (Å²) in [5.41, 5.74) is 0. The maximum Gasteiger partial charge on any atom is 0.323 e. The van der Waals surface area contributed by atoms with Gasteiger partial charge in [-0.1, -0.05) is 6.92 Å². The van der Waals surface area contributed by atoms with E-state index in [2.05, 4.69) is 15.0 Å². The Morgan fingerprint density at radius 2 is 1.67 bits per heavy atom. The summed E-state index contributed by atoms with van der Waals surface area (Å²) in [7, 11) is -0.992. The van der Waals surface area contributed by atoms with Crippen LogP contribution >= 0.6 is 11.6 Å². The lowest BCUT2D eigenvalue weighted by molar-refractivity contribution is 0.330. The lowest BCUT2D eigenvalue weighted by Gasteiger charge is -2.08. The molecule has 9 heteroatoms. The third-order valence-corrected chi connectivity index (χ3v) is 4.26. The Hall–Kier alpha value is -1.15. The van der Waals surface area contributed by atoms with E-state index in [1.54, 1.807) is 6.92 Å². The second-order valence-electron chi connectivity index (χ2n) is 3.63. The number of sulfone groups is 1. The van der Waals surface area contributed by atoms with Crippen LogP contribution in [-0.2, 0) is 9.84 Å². The van der Waals surface area contributed by atoms with Gasteiger partial charge in [-0.05, 0) is 5.92 Å². The van der Waals surface area contributed by atoms with Crippen molar-refractivity contribution in [1.29, 1.82) is 0 Å². The van der Waals surface area contributed by atoms with Gasteiger partial charge in [-0.25, -0.2) is 8.42 Å². The molecule has 0 aliphatic heterocycles. The summed E-state index contributed by atoms with van der Waals surface area (Å²) in [5.74, 6) is -0.115. The number of rotatable bonds is 6. The van der Waals surface area contributed by atoms with E-state index in [0.29, 0.717) is 0 Å². The van der Waals surface area contributed by atoms with E-state index in [4.69, 9.17) is 21.1 Å². The molecule has 0 spiro atoms. The standard InChI is InChI=1S/C9H14ClN3O4S/c1-6(4-10)5-18(14,15)9-12-7(16-2)11-8(13-9)17-3/h6H,4-5H2,1-3H3. The molecule has 0 aliphatic rings. The Balaban J connectivity index is 3.15. The van der Waals surface area contributed by atoms with Crippen LogP contribution in [0.2, 0.25) is 0 Å². The molecule has 1 rings (SSSR count). The third-order valence-electron chi connectivity index (χ3n) is 1.98. The van der Waals surface area contributed by atoms with Crippen LogP contribution in [0.3, 0.4) is 0 Å². The summed E-state index contributed by atoms with van der Waals surface area (Å²) in [4.78, 5) is 11.1. The van der Waals surface area contributed by atoms with E-state index in [9.17, 15) is 8.42 Å². The fourth-order valence-corrected chi connectivity index (χ4v) is 2.82. The molecule has 1 atom stereocenters. The van der Waals surface area contributed by atoms with Crippen LogP contribution in [0.5, 0.6) is 12.0 Å². The van der Waals surface area contributed by atoms with E-state index in [1.807, 2.05) is 0 Å². The van der Waals surface area contributed by atoms with E-state index in [-0.39, 0.29) is 34.7 Å². The van der Waals surface area contributed by atoms with E-state index >= 15 is 0 Å². The third kappa shape index (κ3) is 3.67. The molecule has 7 nitrogen and oxygen atoms in total. The van der Waals surface area contributed by atoms with Gasteiger partial charge in [-0.3, -0.25) is 0 Å². The van der Waals surface area contributed by atoms with Crippen molar-refractivity contribution in [3.8, 4) is 12.0 Å². The predicted molar refractivity (Wildman–Crippen MR) is 64.9 cm³/mol. The lowest BCUT2D eigenvalue weighted by Crippen LogP contribution is -2.18. The lowest BCUT2D eigenvalue weighted by atomic mass is 10.3. The Bertz CT molecular complexity index is 486. The minimum absolute atomic E-state index is 0.112. The van der Waals surface area contributed by atoms with Gasteiger partial charge in [-0.2, -0.15) is 9.97 Å². The molecule has 1 aromatic heterocycles. The zero-order valence-electron chi connectivity index (χ0n) is 10.3. The first-order valence-corrected chi connectivity index (χ1v) is 7.24. The highest BCUT2D eigenvalue weighted by Gasteiger charge is 2.23. The Labute approximate surface area is 110 Å². The van der Waals surface area contributed by atoms with Crippen molar-refractivity contribution in [2.45, 2.75) is 12.1 Å². The first-order valence-electron chi connectivity index (χ1n) is 5.05. The summed E-state index contributed by atoms with van der Waals surface area (Å²) in [5, 5.41) is -0.372. The highest BCUT2D eigenvalue weighted by molar-refractivity contribution is 7.91. The van der Waals surface area contributed by atoms with Crippen molar-refractivity contribution >= 4 is 21.4 Å². The van der Waals surface area contributed by atoms with Gasteiger partial charge in [0.2, 0.25) is 9.84 Å². The monoisotopic (exact) mass is 295 g/mol. The van der Waals surface area contributed by atoms with Crippen LogP contribution in [0, 0.1) is 5.92 Å². The van der Waals surface area contributed by atoms with Crippen LogP contribution in [0.4, 0.5) is 0 Å². The number of methoxy groups -OCH3 is 2. The normalized spacial score (nSPS) is 13.1. The Morgan fingerprint density at radius 3 is 2.06 bits per heavy atom. The van der Waals surface area contributed by atoms with Crippen LogP contribution < -0.4 is 9.47 Å². The van der Waals surface area contributed by atoms with Gasteiger partial charge in [0.05, 0.1) is 20.0 Å². The van der Waals surface area contributed by atoms with Crippen LogP contribution in [0.1, 0.15) is 6.92 Å². The minimum atomic E-state index is -3.64. The number of nitrogens with zero attached hydrogens (tertiary/aromatic N) is 3. The minimum Gasteiger partial charge on any atom is -0.467 e. The molecule has 0 saturated heterocycles. The maximum absolute atomic E-state index is 12.0. The Morgan fingerprint density at radius 1 is 1.17 bits per heavy atom. The van der Waals surface area contributed by atoms with Gasteiger partial charge in [0, 0.05) is 5.88 Å². The topological polar surface area (TPSA) is 91.3 Å². The van der Waals surface area contributed by atoms with Gasteiger partial charge in [0.25, 0.3) is 5.16 Å². The van der Waals surface area contributed by atoms with Gasteiger partial charge in [-0.15, -0.1) is 16.6 Å². The first-order chi connectivity index (χ1) is 8.42. The molecular weight excluding hydrogens is 282 g/mol. The predicted octanol–water partition coefficient (Wildman–Crippen LogP) is 0.537. The average Bonchev–Trinajstić information content (AvgIpc) is 2.37. The summed E-state index contributed by atoms with van der Waals surface area (Å²) >= 11 is 5.60. The van der Waals surface area contributed by atoms with Crippen LogP contribution in [-0.4, -0.2) is 49.2 Å². The molecular formula is C9H14ClN3O4S. The highest BCUT2D eigenvalue weighted by atomic mass is 35.5. The molecule has 1 heterocycles. The molecule has 102 valence electrons. The smallest absolute Gasteiger partial charge is 0.323 e. The van der Waals surface area contributed by atoms with E-state index in [0.717, 1.165) is 0 Å². The van der Waals surface area contributed by atoms with Crippen LogP contribution in [0.15, 0.2) is 5.16 Å². The first kappa shape index (κ1) is 14.9. The Kier molecular flexibility index (Phi) is 5.09. The van der Waals surface area contributed by atoms with Crippen molar-refractivity contribution in [3.05, 3.63) is 0 Å². The zero-order chi connectivity index (χ0) is 13.8. The van der Waals surface area contributed by atoms with Gasteiger partial charge < -0.3 is 9.47 Å². The summed E-state index contributed by atoms with van der Waals surface area (Å²) in [6, 6.07) is -0.224. The van der Waals surface area contributed by atoms with Crippen molar-refractivity contribution in [1.82, 2.24) is 15.0 Å². The van der Waals surface area contributed by atoms with Crippen molar-refractivity contribution in [2.24, 2.45) is 5.92 Å². The number of hydrogen-bond acceptors (Lipinski definition) is 7. The molecule has 0 radical (unpaired) electrons. The van der Waals surface area contributed by atoms with E-state index in [1.165, 1.54) is 14.2 Å². The fraction of sp³-hybridized carbons (Fsp3) is 0.667. The molecule has 1 unspecified atom stereocenters. The van der Waals surface area contributed by atoms with Gasteiger partial charge in [0.15, 0.2) is 0 Å². The number of aromatic nitrogens is 3. The zero-order valence-corrected chi connectivity index (χ0v) is 11.8. The summed E-state index contributed by atoms with van der Waals surface area (Å²) < 4.78 is 33.6. The summed E-state index contributed by atoms with van der Waals surface area (Å²) in [6.45, 7) is 1.72. The van der Waals surface area contributed by atoms with Crippen LogP contribution in [0.25, 0.3) is 0 Å². The number of halogens is 1. The molecule has 0 fully saturated rings. The van der Waals surface area contributed by atoms with Gasteiger partial charge in [0.1, 0.15) is 0 Å². The van der Waals surface area contributed by atoms with E-state index < -0.39 is 9.84 Å². The number of alkyl halides is 1. The second-order valence-corrected chi connectivity index (χ2v) is 5.87. The largest absolute Gasteiger partial charge is 0.467 e. The molecule has 0 aromatic carbocycles. The quantitative estimate of drug-likeness (QED) is 0.707. The van der Waals surface area contributed by atoms with Crippen molar-refractivity contribution < 1.29 is 17.9 Å². The second kappa shape index (κ2) is 6.14. The molecule has 0 amide bonds. The molecule has 0 saturated carbocycles. The molecule has 0 N–H and O–H groups in total. The molecule has 0 bridgehead atoms. The average molecular weight is 296 g/mol. The highest BCUT2D eigenvalue weighted by Crippen LogP contribution is 2.16. The molecule has 18 heavy (non-hydrogen) atoms. The SMILES string of the molecule is COc1nc(OC)nc(S(=O)(=O)CC(C)CCl)n1.